The molecule has 7 heteroatoms. The van der Waals surface area contributed by atoms with Crippen LogP contribution in [0.5, 0.6) is 0 Å². The summed E-state index contributed by atoms with van der Waals surface area (Å²) in [5, 5.41) is 17.3. The molecule has 0 aliphatic rings. The van der Waals surface area contributed by atoms with Gasteiger partial charge in [-0.3, -0.25) is 14.4 Å². The predicted molar refractivity (Wildman–Crippen MR) is 57.5 cm³/mol. The predicted octanol–water partition coefficient (Wildman–Crippen LogP) is -0.343. The number of aliphatic carboxylic acids is 2. The normalized spacial score (nSPS) is 11.9. The van der Waals surface area contributed by atoms with Crippen molar-refractivity contribution < 1.29 is 29.3 Å². The molecule has 0 aliphatic carbocycles. The molecular weight excluding hydrogens is 230 g/mol. The molecule has 0 fully saturated rings. The summed E-state index contributed by atoms with van der Waals surface area (Å²) in [7, 11) is 1.34. The molecule has 1 amide bonds. The first-order valence-corrected chi connectivity index (χ1v) is 5.09. The van der Waals surface area contributed by atoms with Crippen molar-refractivity contribution in [3.63, 3.8) is 0 Å². The molecule has 0 aromatic rings. The molecule has 1 atom stereocenters. The Hall–Kier alpha value is -1.63. The summed E-state index contributed by atoms with van der Waals surface area (Å²) in [4.78, 5) is 33.8. The van der Waals surface area contributed by atoms with Gasteiger partial charge in [0.15, 0.2) is 0 Å². The second-order valence-electron chi connectivity index (χ2n) is 3.66. The molecule has 0 saturated heterocycles. The van der Waals surface area contributed by atoms with Gasteiger partial charge in [-0.25, -0.2) is 0 Å². The highest BCUT2D eigenvalue weighted by Crippen LogP contribution is 2.02. The van der Waals surface area contributed by atoms with Crippen LogP contribution in [-0.4, -0.2) is 59.8 Å². The molecule has 2 N–H and O–H groups in total. The van der Waals surface area contributed by atoms with Gasteiger partial charge in [0.05, 0.1) is 12.3 Å². The van der Waals surface area contributed by atoms with Crippen LogP contribution in [0.2, 0.25) is 0 Å². The van der Waals surface area contributed by atoms with E-state index in [1.54, 1.807) is 0 Å². The van der Waals surface area contributed by atoms with E-state index in [0.29, 0.717) is 0 Å². The van der Waals surface area contributed by atoms with E-state index < -0.39 is 23.8 Å². The average Bonchev–Trinajstić information content (AvgIpc) is 2.23. The summed E-state index contributed by atoms with van der Waals surface area (Å²) in [6, 6.07) is 0. The zero-order chi connectivity index (χ0) is 13.4. The van der Waals surface area contributed by atoms with E-state index in [9.17, 15) is 14.4 Å². The number of carboxylic acid groups (broad SMARTS) is 2. The molecule has 0 heterocycles. The Morgan fingerprint density at radius 2 is 1.88 bits per heavy atom. The second kappa shape index (κ2) is 7.61. The standard InChI is InChI=1S/C10H17NO6/c1-7(10(15)16)5-11(4-3-9(13)14)8(12)6-17-2/h7H,3-6H2,1-2H3,(H,13,14)(H,15,16). The van der Waals surface area contributed by atoms with Crippen molar-refractivity contribution >= 4 is 17.8 Å². The van der Waals surface area contributed by atoms with E-state index in [2.05, 4.69) is 4.74 Å². The van der Waals surface area contributed by atoms with Crippen LogP contribution >= 0.6 is 0 Å². The first kappa shape index (κ1) is 15.4. The van der Waals surface area contributed by atoms with Gasteiger partial charge in [0, 0.05) is 20.2 Å². The molecule has 0 aromatic heterocycles. The lowest BCUT2D eigenvalue weighted by atomic mass is 10.1. The minimum Gasteiger partial charge on any atom is -0.481 e. The first-order valence-electron chi connectivity index (χ1n) is 5.09. The lowest BCUT2D eigenvalue weighted by Crippen LogP contribution is -2.40. The molecule has 0 aromatic carbocycles. The molecule has 1 unspecified atom stereocenters. The quantitative estimate of drug-likeness (QED) is 0.608. The molecule has 0 radical (unpaired) electrons. The number of ether oxygens (including phenoxy) is 1. The van der Waals surface area contributed by atoms with E-state index in [1.807, 2.05) is 0 Å². The SMILES string of the molecule is COCC(=O)N(CCC(=O)O)CC(C)C(=O)O. The third kappa shape index (κ3) is 6.52. The molecule has 0 spiro atoms. The largest absolute Gasteiger partial charge is 0.481 e. The van der Waals surface area contributed by atoms with Gasteiger partial charge in [0.25, 0.3) is 0 Å². The fourth-order valence-corrected chi connectivity index (χ4v) is 1.17. The van der Waals surface area contributed by atoms with Crippen LogP contribution < -0.4 is 0 Å². The Morgan fingerprint density at radius 3 is 2.29 bits per heavy atom. The Balaban J connectivity index is 4.43. The van der Waals surface area contributed by atoms with Crippen LogP contribution in [0.3, 0.4) is 0 Å². The number of methoxy groups -OCH3 is 1. The van der Waals surface area contributed by atoms with Crippen molar-refractivity contribution in [1.82, 2.24) is 4.90 Å². The summed E-state index contributed by atoms with van der Waals surface area (Å²) in [5.74, 6) is -3.23. The summed E-state index contributed by atoms with van der Waals surface area (Å²) in [6.45, 7) is 1.22. The zero-order valence-corrected chi connectivity index (χ0v) is 9.88. The maximum absolute atomic E-state index is 11.5. The van der Waals surface area contributed by atoms with Crippen molar-refractivity contribution in [2.45, 2.75) is 13.3 Å². The molecule has 0 bridgehead atoms. The van der Waals surface area contributed by atoms with Gasteiger partial charge in [-0.05, 0) is 0 Å². The Labute approximate surface area is 99.0 Å². The number of hydrogen-bond acceptors (Lipinski definition) is 4. The highest BCUT2D eigenvalue weighted by Gasteiger charge is 2.20. The van der Waals surface area contributed by atoms with Gasteiger partial charge in [-0.1, -0.05) is 6.92 Å². The van der Waals surface area contributed by atoms with Crippen molar-refractivity contribution in [2.24, 2.45) is 5.92 Å². The second-order valence-corrected chi connectivity index (χ2v) is 3.66. The molecular formula is C10H17NO6. The number of hydrogen-bond donors (Lipinski definition) is 2. The average molecular weight is 247 g/mol. The van der Waals surface area contributed by atoms with Crippen molar-refractivity contribution in [2.75, 3.05) is 26.8 Å². The minimum atomic E-state index is -1.04. The summed E-state index contributed by atoms with van der Waals surface area (Å²) in [5.41, 5.74) is 0. The fraction of sp³-hybridized carbons (Fsp3) is 0.700. The molecule has 7 nitrogen and oxygen atoms in total. The maximum Gasteiger partial charge on any atom is 0.308 e. The van der Waals surface area contributed by atoms with Crippen LogP contribution in [0.15, 0.2) is 0 Å². The number of carbonyl (C=O) groups excluding carboxylic acids is 1. The highest BCUT2D eigenvalue weighted by molar-refractivity contribution is 5.79. The lowest BCUT2D eigenvalue weighted by molar-refractivity contribution is -0.144. The van der Waals surface area contributed by atoms with Crippen LogP contribution in [0.25, 0.3) is 0 Å². The van der Waals surface area contributed by atoms with E-state index in [0.717, 1.165) is 0 Å². The van der Waals surface area contributed by atoms with Gasteiger partial charge in [0.2, 0.25) is 5.91 Å². The Kier molecular flexibility index (Phi) is 6.88. The number of rotatable bonds is 8. The van der Waals surface area contributed by atoms with Crippen LogP contribution in [0, 0.1) is 5.92 Å². The highest BCUT2D eigenvalue weighted by atomic mass is 16.5. The van der Waals surface area contributed by atoms with Gasteiger partial charge in [0.1, 0.15) is 6.61 Å². The van der Waals surface area contributed by atoms with Gasteiger partial charge in [-0.15, -0.1) is 0 Å². The summed E-state index contributed by atoms with van der Waals surface area (Å²) < 4.78 is 4.65. The van der Waals surface area contributed by atoms with E-state index >= 15 is 0 Å². The lowest BCUT2D eigenvalue weighted by Gasteiger charge is -2.23. The number of nitrogens with zero attached hydrogens (tertiary/aromatic N) is 1. The summed E-state index contributed by atoms with van der Waals surface area (Å²) in [6.07, 6.45) is -0.220. The smallest absolute Gasteiger partial charge is 0.308 e. The molecule has 98 valence electrons. The van der Waals surface area contributed by atoms with Gasteiger partial charge >= 0.3 is 11.9 Å². The van der Waals surface area contributed by atoms with Crippen molar-refractivity contribution in [3.8, 4) is 0 Å². The monoisotopic (exact) mass is 247 g/mol. The van der Waals surface area contributed by atoms with E-state index in [1.165, 1.54) is 18.9 Å². The molecule has 17 heavy (non-hydrogen) atoms. The molecule has 0 rings (SSSR count). The third-order valence-electron chi connectivity index (χ3n) is 2.13. The van der Waals surface area contributed by atoms with Crippen molar-refractivity contribution in [1.29, 1.82) is 0 Å². The molecule has 0 aliphatic heterocycles. The summed E-state index contributed by atoms with van der Waals surface area (Å²) >= 11 is 0. The van der Waals surface area contributed by atoms with E-state index in [4.69, 9.17) is 10.2 Å². The minimum absolute atomic E-state index is 0.0187. The first-order chi connectivity index (χ1) is 7.88. The maximum atomic E-state index is 11.5. The Bertz CT molecular complexity index is 291. The van der Waals surface area contributed by atoms with Crippen LogP contribution in [-0.2, 0) is 19.1 Å². The van der Waals surface area contributed by atoms with Gasteiger partial charge in [-0.2, -0.15) is 0 Å². The van der Waals surface area contributed by atoms with E-state index in [-0.39, 0.29) is 26.1 Å². The third-order valence-corrected chi connectivity index (χ3v) is 2.13. The van der Waals surface area contributed by atoms with Crippen LogP contribution in [0.4, 0.5) is 0 Å². The topological polar surface area (TPSA) is 104 Å². The number of carboxylic acids is 2. The van der Waals surface area contributed by atoms with Gasteiger partial charge < -0.3 is 19.8 Å². The van der Waals surface area contributed by atoms with Crippen molar-refractivity contribution in [3.05, 3.63) is 0 Å². The number of amides is 1. The fourth-order valence-electron chi connectivity index (χ4n) is 1.17. The number of carbonyl (C=O) groups is 3. The molecule has 0 saturated carbocycles. The Morgan fingerprint density at radius 1 is 1.29 bits per heavy atom. The zero-order valence-electron chi connectivity index (χ0n) is 9.88. The van der Waals surface area contributed by atoms with Crippen LogP contribution in [0.1, 0.15) is 13.3 Å².